The molecule has 0 saturated carbocycles. The molecule has 0 aliphatic rings. The fourth-order valence-corrected chi connectivity index (χ4v) is 2.19. The lowest BCUT2D eigenvalue weighted by Gasteiger charge is -2.29. The summed E-state index contributed by atoms with van der Waals surface area (Å²) in [6, 6.07) is 0. The summed E-state index contributed by atoms with van der Waals surface area (Å²) in [5.41, 5.74) is -0.398. The van der Waals surface area contributed by atoms with Crippen LogP contribution in [0.4, 0.5) is 0 Å². The maximum Gasteiger partial charge on any atom is 0.217 e. The first-order valence-corrected chi connectivity index (χ1v) is 6.04. The Morgan fingerprint density at radius 1 is 1.08 bits per heavy atom. The zero-order valence-electron chi connectivity index (χ0n) is 9.43. The molecule has 0 saturated heterocycles. The maximum atomic E-state index is 11.8. The Labute approximate surface area is 82.0 Å². The summed E-state index contributed by atoms with van der Waals surface area (Å²) in [4.78, 5) is 0. The second-order valence-corrected chi connectivity index (χ2v) is 7.28. The van der Waals surface area contributed by atoms with Crippen molar-refractivity contribution in [3.8, 4) is 0 Å². The number of hydrogen-bond donors (Lipinski definition) is 1. The van der Waals surface area contributed by atoms with Gasteiger partial charge in [0.1, 0.15) is 0 Å². The van der Waals surface area contributed by atoms with Crippen molar-refractivity contribution in [1.82, 2.24) is 4.72 Å². The molecule has 0 aromatic rings. The van der Waals surface area contributed by atoms with Crippen LogP contribution in [0.25, 0.3) is 0 Å². The van der Waals surface area contributed by atoms with Crippen LogP contribution in [0.15, 0.2) is 0 Å². The van der Waals surface area contributed by atoms with Crippen molar-refractivity contribution in [2.24, 2.45) is 0 Å². The fraction of sp³-hybridized carbons (Fsp3) is 1.00. The Hall–Kier alpha value is -0.0900. The van der Waals surface area contributed by atoms with Crippen molar-refractivity contribution in [1.29, 1.82) is 0 Å². The van der Waals surface area contributed by atoms with Gasteiger partial charge in [0.15, 0.2) is 0 Å². The Morgan fingerprint density at radius 3 is 1.69 bits per heavy atom. The molecule has 0 radical (unpaired) electrons. The van der Waals surface area contributed by atoms with E-state index in [1.54, 1.807) is 13.8 Å². The monoisotopic (exact) mass is 207 g/mol. The molecule has 0 unspecified atom stereocenters. The van der Waals surface area contributed by atoms with Crippen LogP contribution >= 0.6 is 0 Å². The molecule has 0 rings (SSSR count). The molecule has 0 aliphatic heterocycles. The van der Waals surface area contributed by atoms with Gasteiger partial charge in [0.05, 0.1) is 4.75 Å². The lowest BCUT2D eigenvalue weighted by molar-refractivity contribution is 0.464. The van der Waals surface area contributed by atoms with E-state index >= 15 is 0 Å². The SMILES string of the molecule is CCC(C)(C)S(=O)(=O)NC(C)(C)C. The average Bonchev–Trinajstić information content (AvgIpc) is 1.81. The van der Waals surface area contributed by atoms with E-state index in [0.717, 1.165) is 0 Å². The predicted molar refractivity (Wildman–Crippen MR) is 56.2 cm³/mol. The van der Waals surface area contributed by atoms with E-state index in [-0.39, 0.29) is 0 Å². The quantitative estimate of drug-likeness (QED) is 0.768. The second-order valence-electron chi connectivity index (χ2n) is 4.97. The Kier molecular flexibility index (Phi) is 3.55. The molecule has 0 aliphatic carbocycles. The highest BCUT2D eigenvalue weighted by Crippen LogP contribution is 2.20. The summed E-state index contributed by atoms with van der Waals surface area (Å²) in [6.07, 6.45) is 0.610. The van der Waals surface area contributed by atoms with Gasteiger partial charge in [0, 0.05) is 5.54 Å². The van der Waals surface area contributed by atoms with E-state index in [2.05, 4.69) is 4.72 Å². The van der Waals surface area contributed by atoms with Gasteiger partial charge < -0.3 is 0 Å². The Balaban J connectivity index is 4.81. The van der Waals surface area contributed by atoms with Gasteiger partial charge in [-0.1, -0.05) is 6.92 Å². The molecule has 0 aromatic carbocycles. The van der Waals surface area contributed by atoms with Gasteiger partial charge in [0.25, 0.3) is 0 Å². The average molecular weight is 207 g/mol. The number of rotatable bonds is 3. The predicted octanol–water partition coefficient (Wildman–Crippen LogP) is 1.89. The summed E-state index contributed by atoms with van der Waals surface area (Å²) in [7, 11) is -3.22. The zero-order valence-corrected chi connectivity index (χ0v) is 10.2. The molecule has 13 heavy (non-hydrogen) atoms. The molecule has 0 amide bonds. The third kappa shape index (κ3) is 3.65. The van der Waals surface area contributed by atoms with Crippen molar-refractivity contribution in [2.75, 3.05) is 0 Å². The van der Waals surface area contributed by atoms with Gasteiger partial charge in [-0.05, 0) is 41.0 Å². The van der Waals surface area contributed by atoms with Crippen LogP contribution in [-0.4, -0.2) is 18.7 Å². The molecule has 0 heterocycles. The molecule has 0 spiro atoms. The van der Waals surface area contributed by atoms with Crippen LogP contribution in [0.1, 0.15) is 48.0 Å². The van der Waals surface area contributed by atoms with E-state index in [9.17, 15) is 8.42 Å². The standard InChI is InChI=1S/C9H21NO2S/c1-7-9(5,6)13(11,12)10-8(2,3)4/h10H,7H2,1-6H3. The highest BCUT2D eigenvalue weighted by molar-refractivity contribution is 7.90. The number of hydrogen-bond acceptors (Lipinski definition) is 2. The van der Waals surface area contributed by atoms with Crippen LogP contribution in [0, 0.1) is 0 Å². The van der Waals surface area contributed by atoms with E-state index in [1.807, 2.05) is 27.7 Å². The lowest BCUT2D eigenvalue weighted by Crippen LogP contribution is -2.49. The van der Waals surface area contributed by atoms with E-state index in [4.69, 9.17) is 0 Å². The van der Waals surface area contributed by atoms with Crippen LogP contribution in [-0.2, 0) is 10.0 Å². The molecular formula is C9H21NO2S. The van der Waals surface area contributed by atoms with Gasteiger partial charge >= 0.3 is 0 Å². The normalized spacial score (nSPS) is 14.6. The van der Waals surface area contributed by atoms with Gasteiger partial charge in [-0.15, -0.1) is 0 Å². The molecule has 0 aromatic heterocycles. The van der Waals surface area contributed by atoms with Crippen molar-refractivity contribution < 1.29 is 8.42 Å². The molecule has 0 atom stereocenters. The smallest absolute Gasteiger partial charge is 0.212 e. The third-order valence-electron chi connectivity index (χ3n) is 2.02. The topological polar surface area (TPSA) is 46.2 Å². The fourth-order valence-electron chi connectivity index (χ4n) is 0.731. The summed E-state index contributed by atoms with van der Waals surface area (Å²) >= 11 is 0. The van der Waals surface area contributed by atoms with Crippen LogP contribution in [0.2, 0.25) is 0 Å². The molecule has 4 heteroatoms. The van der Waals surface area contributed by atoms with E-state index in [0.29, 0.717) is 6.42 Å². The van der Waals surface area contributed by atoms with Gasteiger partial charge in [-0.2, -0.15) is 0 Å². The molecule has 3 nitrogen and oxygen atoms in total. The van der Waals surface area contributed by atoms with Crippen LogP contribution < -0.4 is 4.72 Å². The molecule has 0 fully saturated rings. The summed E-state index contributed by atoms with van der Waals surface area (Å²) in [5.74, 6) is 0. The summed E-state index contributed by atoms with van der Waals surface area (Å²) < 4.78 is 25.5. The first kappa shape index (κ1) is 12.9. The van der Waals surface area contributed by atoms with E-state index in [1.165, 1.54) is 0 Å². The highest BCUT2D eigenvalue weighted by atomic mass is 32.2. The molecule has 0 bridgehead atoms. The minimum atomic E-state index is -3.22. The largest absolute Gasteiger partial charge is 0.217 e. The minimum absolute atomic E-state index is 0.398. The Morgan fingerprint density at radius 2 is 1.46 bits per heavy atom. The van der Waals surface area contributed by atoms with Gasteiger partial charge in [-0.25, -0.2) is 13.1 Å². The van der Waals surface area contributed by atoms with Crippen LogP contribution in [0.3, 0.4) is 0 Å². The first-order chi connectivity index (χ1) is 5.52. The lowest BCUT2D eigenvalue weighted by atomic mass is 10.1. The third-order valence-corrected chi connectivity index (χ3v) is 4.64. The molecular weight excluding hydrogens is 186 g/mol. The van der Waals surface area contributed by atoms with Crippen molar-refractivity contribution in [3.05, 3.63) is 0 Å². The van der Waals surface area contributed by atoms with Crippen molar-refractivity contribution in [3.63, 3.8) is 0 Å². The van der Waals surface area contributed by atoms with Gasteiger partial charge in [0.2, 0.25) is 10.0 Å². The minimum Gasteiger partial charge on any atom is -0.212 e. The summed E-state index contributed by atoms with van der Waals surface area (Å²) in [6.45, 7) is 10.9. The molecule has 80 valence electrons. The highest BCUT2D eigenvalue weighted by Gasteiger charge is 2.34. The molecule has 1 N–H and O–H groups in total. The van der Waals surface area contributed by atoms with E-state index < -0.39 is 20.3 Å². The van der Waals surface area contributed by atoms with Crippen molar-refractivity contribution >= 4 is 10.0 Å². The van der Waals surface area contributed by atoms with Crippen molar-refractivity contribution in [2.45, 2.75) is 58.2 Å². The summed E-state index contributed by atoms with van der Waals surface area (Å²) in [5, 5.41) is 0. The second kappa shape index (κ2) is 3.58. The van der Waals surface area contributed by atoms with Crippen LogP contribution in [0.5, 0.6) is 0 Å². The Bertz CT molecular complexity index is 260. The zero-order chi connectivity index (χ0) is 10.9. The van der Waals surface area contributed by atoms with Gasteiger partial charge in [-0.3, -0.25) is 0 Å². The number of sulfonamides is 1. The maximum absolute atomic E-state index is 11.8. The number of nitrogens with one attached hydrogen (secondary N) is 1. The first-order valence-electron chi connectivity index (χ1n) is 4.55.